The minimum absolute atomic E-state index is 0. The third-order valence-electron chi connectivity index (χ3n) is 4.73. The van der Waals surface area contributed by atoms with Crippen molar-refractivity contribution < 1.29 is 4.79 Å². The lowest BCUT2D eigenvalue weighted by atomic mass is 10.1. The van der Waals surface area contributed by atoms with Gasteiger partial charge in [-0.3, -0.25) is 9.69 Å². The van der Waals surface area contributed by atoms with Gasteiger partial charge in [-0.05, 0) is 56.4 Å². The predicted octanol–water partition coefficient (Wildman–Crippen LogP) is 4.04. The average molecular weight is 404 g/mol. The first kappa shape index (κ1) is 25.2. The number of nitrogens with zero attached hydrogens (tertiary/aromatic N) is 1. The van der Waals surface area contributed by atoms with Crippen molar-refractivity contribution in [2.75, 3.05) is 19.6 Å². The summed E-state index contributed by atoms with van der Waals surface area (Å²) in [6.45, 7) is 4.88. The summed E-state index contributed by atoms with van der Waals surface area (Å²) in [5, 5.41) is 3.02. The maximum atomic E-state index is 11.8. The minimum Gasteiger partial charge on any atom is -0.352 e. The third-order valence-corrected chi connectivity index (χ3v) is 4.73. The molecule has 4 nitrogen and oxygen atoms in total. The van der Waals surface area contributed by atoms with Crippen molar-refractivity contribution in [3.63, 3.8) is 0 Å². The van der Waals surface area contributed by atoms with Gasteiger partial charge in [0.25, 0.3) is 0 Å². The van der Waals surface area contributed by atoms with Gasteiger partial charge in [0, 0.05) is 19.5 Å². The fourth-order valence-electron chi connectivity index (χ4n) is 3.21. The summed E-state index contributed by atoms with van der Waals surface area (Å²) < 4.78 is 0. The van der Waals surface area contributed by atoms with Crippen molar-refractivity contribution in [3.05, 3.63) is 35.4 Å². The second kappa shape index (κ2) is 15.3. The highest BCUT2D eigenvalue weighted by atomic mass is 35.5. The van der Waals surface area contributed by atoms with Crippen molar-refractivity contribution in [1.29, 1.82) is 0 Å². The van der Waals surface area contributed by atoms with Gasteiger partial charge in [-0.25, -0.2) is 0 Å². The maximum absolute atomic E-state index is 11.8. The Morgan fingerprint density at radius 1 is 0.923 bits per heavy atom. The van der Waals surface area contributed by atoms with E-state index in [1.54, 1.807) is 0 Å². The van der Waals surface area contributed by atoms with Crippen LogP contribution in [0.25, 0.3) is 0 Å². The molecule has 1 aromatic carbocycles. The highest BCUT2D eigenvalue weighted by Crippen LogP contribution is 2.13. The molecule has 0 unspecified atom stereocenters. The molecule has 0 atom stereocenters. The zero-order valence-electron chi connectivity index (χ0n) is 15.8. The van der Waals surface area contributed by atoms with Crippen LogP contribution in [-0.4, -0.2) is 30.4 Å². The molecule has 1 fully saturated rings. The molecule has 0 aromatic heterocycles. The summed E-state index contributed by atoms with van der Waals surface area (Å²) in [6, 6.07) is 8.67. The first-order chi connectivity index (χ1) is 11.8. The van der Waals surface area contributed by atoms with Crippen LogP contribution in [0.4, 0.5) is 0 Å². The maximum Gasteiger partial charge on any atom is 0.220 e. The van der Waals surface area contributed by atoms with Crippen molar-refractivity contribution >= 4 is 30.7 Å². The van der Waals surface area contributed by atoms with E-state index in [2.05, 4.69) is 34.5 Å². The fraction of sp³-hybridized carbons (Fsp3) is 0.650. The monoisotopic (exact) mass is 403 g/mol. The molecule has 0 bridgehead atoms. The standard InChI is InChI=1S/C20H33N3O.2ClH/c21-13-5-2-1-4-8-20(24)22-16-18-9-11-19(12-10-18)17-23-14-6-3-7-15-23;;/h9-12H,1-8,13-17,21H2,(H,22,24);2*1H. The number of amides is 1. The summed E-state index contributed by atoms with van der Waals surface area (Å²) in [5.41, 5.74) is 8.01. The summed E-state index contributed by atoms with van der Waals surface area (Å²) in [5.74, 6) is 0.153. The first-order valence-corrected chi connectivity index (χ1v) is 9.55. The zero-order valence-corrected chi connectivity index (χ0v) is 17.4. The van der Waals surface area contributed by atoms with Gasteiger partial charge in [-0.1, -0.05) is 43.5 Å². The molecular weight excluding hydrogens is 369 g/mol. The Morgan fingerprint density at radius 3 is 2.19 bits per heavy atom. The number of nitrogens with two attached hydrogens (primary N) is 1. The number of rotatable bonds is 10. The quantitative estimate of drug-likeness (QED) is 0.579. The van der Waals surface area contributed by atoms with E-state index >= 15 is 0 Å². The molecule has 1 heterocycles. The highest BCUT2D eigenvalue weighted by Gasteiger charge is 2.10. The van der Waals surface area contributed by atoms with Crippen LogP contribution in [0.2, 0.25) is 0 Å². The van der Waals surface area contributed by atoms with Crippen LogP contribution in [0.15, 0.2) is 24.3 Å². The number of nitrogens with one attached hydrogen (secondary N) is 1. The van der Waals surface area contributed by atoms with Gasteiger partial charge >= 0.3 is 0 Å². The number of piperidine rings is 1. The van der Waals surface area contributed by atoms with Gasteiger partial charge in [0.05, 0.1) is 0 Å². The van der Waals surface area contributed by atoms with Crippen LogP contribution in [0.3, 0.4) is 0 Å². The van der Waals surface area contributed by atoms with E-state index in [9.17, 15) is 4.79 Å². The van der Waals surface area contributed by atoms with E-state index in [1.165, 1.54) is 43.5 Å². The Hall–Kier alpha value is -0.810. The molecule has 1 aromatic rings. The molecule has 0 saturated carbocycles. The fourth-order valence-corrected chi connectivity index (χ4v) is 3.21. The van der Waals surface area contributed by atoms with Crippen molar-refractivity contribution in [2.45, 2.75) is 64.5 Å². The summed E-state index contributed by atoms with van der Waals surface area (Å²) in [6.07, 6.45) is 8.90. The summed E-state index contributed by atoms with van der Waals surface area (Å²) >= 11 is 0. The Balaban J connectivity index is 0.00000312. The lowest BCUT2D eigenvalue weighted by Crippen LogP contribution is -2.29. The molecule has 26 heavy (non-hydrogen) atoms. The number of halogens is 2. The Morgan fingerprint density at radius 2 is 1.54 bits per heavy atom. The Labute approximate surface area is 171 Å². The Bertz CT molecular complexity index is 476. The van der Waals surface area contributed by atoms with Gasteiger partial charge < -0.3 is 11.1 Å². The van der Waals surface area contributed by atoms with Crippen LogP contribution in [0.1, 0.15) is 62.5 Å². The zero-order chi connectivity index (χ0) is 17.0. The molecule has 3 N–H and O–H groups in total. The minimum atomic E-state index is 0. The molecule has 2 rings (SSSR count). The molecule has 6 heteroatoms. The predicted molar refractivity (Wildman–Crippen MR) is 114 cm³/mol. The molecule has 0 spiro atoms. The van der Waals surface area contributed by atoms with E-state index in [0.29, 0.717) is 13.0 Å². The van der Waals surface area contributed by atoms with Crippen molar-refractivity contribution in [2.24, 2.45) is 5.73 Å². The molecule has 1 amide bonds. The third kappa shape index (κ3) is 10.4. The SMILES string of the molecule is Cl.Cl.NCCCCCCC(=O)NCc1ccc(CN2CCCCC2)cc1. The van der Waals surface area contributed by atoms with Gasteiger partial charge in [0.1, 0.15) is 0 Å². The average Bonchev–Trinajstić information content (AvgIpc) is 2.62. The van der Waals surface area contributed by atoms with Crippen LogP contribution < -0.4 is 11.1 Å². The molecule has 1 saturated heterocycles. The first-order valence-electron chi connectivity index (χ1n) is 9.55. The van der Waals surface area contributed by atoms with Crippen LogP contribution in [0, 0.1) is 0 Å². The van der Waals surface area contributed by atoms with Gasteiger partial charge in [0.15, 0.2) is 0 Å². The molecule has 150 valence electrons. The lowest BCUT2D eigenvalue weighted by molar-refractivity contribution is -0.121. The molecular formula is C20H35Cl2N3O. The van der Waals surface area contributed by atoms with E-state index in [-0.39, 0.29) is 30.7 Å². The Kier molecular flexibility index (Phi) is 14.8. The van der Waals surface area contributed by atoms with Gasteiger partial charge in [0.2, 0.25) is 5.91 Å². The number of carbonyl (C=O) groups is 1. The van der Waals surface area contributed by atoms with E-state index in [0.717, 1.165) is 38.8 Å². The topological polar surface area (TPSA) is 58.4 Å². The van der Waals surface area contributed by atoms with Gasteiger partial charge in [-0.2, -0.15) is 0 Å². The molecule has 0 radical (unpaired) electrons. The molecule has 1 aliphatic heterocycles. The molecule has 0 aliphatic carbocycles. The second-order valence-electron chi connectivity index (χ2n) is 6.88. The van der Waals surface area contributed by atoms with Crippen LogP contribution in [0.5, 0.6) is 0 Å². The van der Waals surface area contributed by atoms with Crippen molar-refractivity contribution in [3.8, 4) is 0 Å². The normalized spacial score (nSPS) is 14.2. The highest BCUT2D eigenvalue weighted by molar-refractivity contribution is 5.85. The van der Waals surface area contributed by atoms with E-state index in [1.807, 2.05) is 0 Å². The number of likely N-dealkylation sites (tertiary alicyclic amines) is 1. The van der Waals surface area contributed by atoms with Gasteiger partial charge in [-0.15, -0.1) is 24.8 Å². The smallest absolute Gasteiger partial charge is 0.220 e. The number of unbranched alkanes of at least 4 members (excludes halogenated alkanes) is 3. The largest absolute Gasteiger partial charge is 0.352 e. The van der Waals surface area contributed by atoms with Crippen LogP contribution in [-0.2, 0) is 17.9 Å². The number of benzene rings is 1. The number of hydrogen-bond acceptors (Lipinski definition) is 3. The summed E-state index contributed by atoms with van der Waals surface area (Å²) in [7, 11) is 0. The van der Waals surface area contributed by atoms with Crippen LogP contribution >= 0.6 is 24.8 Å². The lowest BCUT2D eigenvalue weighted by Gasteiger charge is -2.26. The van der Waals surface area contributed by atoms with Crippen molar-refractivity contribution in [1.82, 2.24) is 10.2 Å². The van der Waals surface area contributed by atoms with E-state index < -0.39 is 0 Å². The molecule has 1 aliphatic rings. The second-order valence-corrected chi connectivity index (χ2v) is 6.88. The summed E-state index contributed by atoms with van der Waals surface area (Å²) in [4.78, 5) is 14.4. The van der Waals surface area contributed by atoms with E-state index in [4.69, 9.17) is 5.73 Å². The number of carbonyl (C=O) groups excluding carboxylic acids is 1. The number of hydrogen-bond donors (Lipinski definition) is 2.